The molecule has 0 saturated carbocycles. The number of methoxy groups -OCH3 is 3. The van der Waals surface area contributed by atoms with Gasteiger partial charge in [0.25, 0.3) is 0 Å². The number of rotatable bonds is 5. The molecule has 4 nitrogen and oxygen atoms in total. The summed E-state index contributed by atoms with van der Waals surface area (Å²) in [5, 5.41) is 0. The minimum atomic E-state index is -0.136. The monoisotopic (exact) mass is 271 g/mol. The summed E-state index contributed by atoms with van der Waals surface area (Å²) in [6.07, 6.45) is 0. The summed E-state index contributed by atoms with van der Waals surface area (Å²) >= 11 is 0. The molecule has 0 heterocycles. The van der Waals surface area contributed by atoms with Gasteiger partial charge in [-0.15, -0.1) is 0 Å². The first-order valence-corrected chi connectivity index (χ1v) is 6.02. The maximum Gasteiger partial charge on any atom is 0.196 e. The zero-order valence-corrected chi connectivity index (χ0v) is 11.6. The Kier molecular flexibility index (Phi) is 4.25. The molecular weight excluding hydrogens is 256 g/mol. The number of carbonyl (C=O) groups is 1. The molecule has 0 atom stereocenters. The van der Waals surface area contributed by atoms with Crippen LogP contribution in [0.5, 0.6) is 17.2 Å². The summed E-state index contributed by atoms with van der Waals surface area (Å²) < 4.78 is 15.3. The fourth-order valence-electron chi connectivity index (χ4n) is 1.81. The van der Waals surface area contributed by atoms with E-state index in [1.807, 2.05) is 0 Å². The van der Waals surface area contributed by atoms with Crippen LogP contribution in [0, 0.1) is 6.07 Å². The molecule has 0 fully saturated rings. The van der Waals surface area contributed by atoms with Crippen LogP contribution in [0.1, 0.15) is 15.9 Å². The summed E-state index contributed by atoms with van der Waals surface area (Å²) in [4.78, 5) is 12.4. The van der Waals surface area contributed by atoms with Crippen LogP contribution < -0.4 is 14.2 Å². The van der Waals surface area contributed by atoms with Gasteiger partial charge in [0.15, 0.2) is 5.78 Å². The van der Waals surface area contributed by atoms with Crippen LogP contribution in [0.25, 0.3) is 0 Å². The minimum Gasteiger partial charge on any atom is -0.497 e. The van der Waals surface area contributed by atoms with E-state index >= 15 is 0 Å². The lowest BCUT2D eigenvalue weighted by atomic mass is 10.0. The Morgan fingerprint density at radius 2 is 1.60 bits per heavy atom. The maximum absolute atomic E-state index is 12.4. The predicted molar refractivity (Wildman–Crippen MR) is 74.8 cm³/mol. The number of ether oxygens (including phenoxy) is 3. The number of hydrogen-bond acceptors (Lipinski definition) is 4. The second kappa shape index (κ2) is 6.10. The molecule has 20 heavy (non-hydrogen) atoms. The van der Waals surface area contributed by atoms with Crippen molar-refractivity contribution < 1.29 is 19.0 Å². The van der Waals surface area contributed by atoms with Crippen molar-refractivity contribution in [1.29, 1.82) is 0 Å². The molecule has 103 valence electrons. The summed E-state index contributed by atoms with van der Waals surface area (Å²) in [7, 11) is 4.62. The van der Waals surface area contributed by atoms with Crippen molar-refractivity contribution in [2.75, 3.05) is 21.3 Å². The average Bonchev–Trinajstić information content (AvgIpc) is 2.53. The zero-order chi connectivity index (χ0) is 14.5. The van der Waals surface area contributed by atoms with Crippen molar-refractivity contribution in [2.45, 2.75) is 0 Å². The number of ketones is 1. The zero-order valence-electron chi connectivity index (χ0n) is 11.6. The van der Waals surface area contributed by atoms with Crippen molar-refractivity contribution in [3.05, 3.63) is 53.6 Å². The van der Waals surface area contributed by atoms with Gasteiger partial charge in [-0.25, -0.2) is 0 Å². The van der Waals surface area contributed by atoms with Gasteiger partial charge in [-0.3, -0.25) is 4.79 Å². The fraction of sp³-hybridized carbons (Fsp3) is 0.188. The quantitative estimate of drug-likeness (QED) is 0.784. The van der Waals surface area contributed by atoms with E-state index < -0.39 is 0 Å². The van der Waals surface area contributed by atoms with Gasteiger partial charge in [0.2, 0.25) is 0 Å². The van der Waals surface area contributed by atoms with Crippen LogP contribution in [0.2, 0.25) is 0 Å². The molecule has 2 aromatic carbocycles. The first kappa shape index (κ1) is 13.9. The lowest BCUT2D eigenvalue weighted by Crippen LogP contribution is -2.04. The van der Waals surface area contributed by atoms with Gasteiger partial charge in [-0.2, -0.15) is 0 Å². The summed E-state index contributed by atoms with van der Waals surface area (Å²) in [6.45, 7) is 0. The van der Waals surface area contributed by atoms with Crippen LogP contribution in [0.4, 0.5) is 0 Å². The number of hydrogen-bond donors (Lipinski definition) is 0. The van der Waals surface area contributed by atoms with Gasteiger partial charge < -0.3 is 14.2 Å². The highest BCUT2D eigenvalue weighted by molar-refractivity contribution is 6.10. The van der Waals surface area contributed by atoms with E-state index in [9.17, 15) is 4.79 Å². The highest BCUT2D eigenvalue weighted by atomic mass is 16.5. The lowest BCUT2D eigenvalue weighted by molar-refractivity contribution is 0.103. The fourth-order valence-corrected chi connectivity index (χ4v) is 1.81. The van der Waals surface area contributed by atoms with Gasteiger partial charge in [0, 0.05) is 5.56 Å². The van der Waals surface area contributed by atoms with Crippen LogP contribution >= 0.6 is 0 Å². The molecule has 0 bridgehead atoms. The summed E-state index contributed by atoms with van der Waals surface area (Å²) in [5.41, 5.74) is 1.00. The first-order valence-electron chi connectivity index (χ1n) is 6.02. The molecule has 0 aliphatic carbocycles. The molecule has 0 aliphatic heterocycles. The van der Waals surface area contributed by atoms with Crippen LogP contribution in [0.3, 0.4) is 0 Å². The van der Waals surface area contributed by atoms with Crippen molar-refractivity contribution in [3.63, 3.8) is 0 Å². The molecule has 0 saturated heterocycles. The van der Waals surface area contributed by atoms with E-state index in [0.717, 1.165) is 0 Å². The molecule has 1 radical (unpaired) electrons. The van der Waals surface area contributed by atoms with Gasteiger partial charge >= 0.3 is 0 Å². The Hall–Kier alpha value is -2.49. The van der Waals surface area contributed by atoms with E-state index in [0.29, 0.717) is 28.4 Å². The predicted octanol–water partition coefficient (Wildman–Crippen LogP) is 2.74. The largest absolute Gasteiger partial charge is 0.497 e. The van der Waals surface area contributed by atoms with Gasteiger partial charge in [-0.1, -0.05) is 0 Å². The molecule has 0 aromatic heterocycles. The third-order valence-corrected chi connectivity index (χ3v) is 2.90. The molecule has 4 heteroatoms. The van der Waals surface area contributed by atoms with E-state index in [4.69, 9.17) is 14.2 Å². The average molecular weight is 271 g/mol. The molecule has 2 rings (SSSR count). The smallest absolute Gasteiger partial charge is 0.196 e. The maximum atomic E-state index is 12.4. The molecule has 0 amide bonds. The summed E-state index contributed by atoms with van der Waals surface area (Å²) in [6, 6.07) is 13.2. The van der Waals surface area contributed by atoms with Crippen molar-refractivity contribution >= 4 is 5.78 Å². The Labute approximate surface area is 117 Å². The first-order chi connectivity index (χ1) is 9.69. The molecule has 2 aromatic rings. The number of carbonyl (C=O) groups excluding carboxylic acids is 1. The molecule has 0 N–H and O–H groups in total. The van der Waals surface area contributed by atoms with Crippen molar-refractivity contribution in [2.24, 2.45) is 0 Å². The van der Waals surface area contributed by atoms with Crippen molar-refractivity contribution in [1.82, 2.24) is 0 Å². The van der Waals surface area contributed by atoms with Gasteiger partial charge in [0.05, 0.1) is 33.0 Å². The second-order valence-corrected chi connectivity index (χ2v) is 4.03. The third-order valence-electron chi connectivity index (χ3n) is 2.90. The molecular formula is C16H15O4. The van der Waals surface area contributed by atoms with E-state index in [1.165, 1.54) is 14.2 Å². The molecule has 0 aliphatic rings. The van der Waals surface area contributed by atoms with Gasteiger partial charge in [0.1, 0.15) is 17.2 Å². The standard InChI is InChI=1S/C16H15O4/c1-18-12-6-4-11(5-7-12)16(17)14-9-8-13(19-2)10-15(14)20-3/h4-9H,1-3H3. The minimum absolute atomic E-state index is 0.136. The van der Waals surface area contributed by atoms with E-state index in [2.05, 4.69) is 6.07 Å². The van der Waals surface area contributed by atoms with Crippen LogP contribution in [0.15, 0.2) is 36.4 Å². The molecule has 0 spiro atoms. The Morgan fingerprint density at radius 1 is 0.900 bits per heavy atom. The SMILES string of the molecule is COc1[c]c(OC)c(C(=O)c2ccc(OC)cc2)cc1. The van der Waals surface area contributed by atoms with E-state index in [1.54, 1.807) is 43.5 Å². The van der Waals surface area contributed by atoms with Crippen LogP contribution in [-0.4, -0.2) is 27.1 Å². The van der Waals surface area contributed by atoms with E-state index in [-0.39, 0.29) is 5.78 Å². The van der Waals surface area contributed by atoms with Crippen LogP contribution in [-0.2, 0) is 0 Å². The normalized spacial score (nSPS) is 9.95. The Balaban J connectivity index is 2.36. The van der Waals surface area contributed by atoms with Gasteiger partial charge in [-0.05, 0) is 36.4 Å². The Morgan fingerprint density at radius 3 is 2.15 bits per heavy atom. The highest BCUT2D eigenvalue weighted by Gasteiger charge is 2.15. The third kappa shape index (κ3) is 2.74. The van der Waals surface area contributed by atoms with Crippen molar-refractivity contribution in [3.8, 4) is 17.2 Å². The topological polar surface area (TPSA) is 44.8 Å². The molecule has 0 unspecified atom stereocenters. The second-order valence-electron chi connectivity index (χ2n) is 4.03. The highest BCUT2D eigenvalue weighted by Crippen LogP contribution is 2.26. The Bertz CT molecular complexity index is 602. The lowest BCUT2D eigenvalue weighted by Gasteiger charge is -2.09. The summed E-state index contributed by atoms with van der Waals surface area (Å²) in [5.74, 6) is 1.46. The number of benzene rings is 2.